The largest absolute Gasteiger partial charge is 0.310 e. The molecule has 22 heavy (non-hydrogen) atoms. The number of thioether (sulfide) groups is 1. The minimum Gasteiger partial charge on any atom is -0.310 e. The first-order valence-electron chi connectivity index (χ1n) is 6.83. The highest BCUT2D eigenvalue weighted by Crippen LogP contribution is 2.30. The van der Waals surface area contributed by atoms with E-state index in [9.17, 15) is 4.79 Å². The molecule has 6 nitrogen and oxygen atoms in total. The maximum atomic E-state index is 11.5. The van der Waals surface area contributed by atoms with Crippen LogP contribution in [0.1, 0.15) is 23.7 Å². The van der Waals surface area contributed by atoms with E-state index in [1.54, 1.807) is 17.9 Å². The van der Waals surface area contributed by atoms with Crippen molar-refractivity contribution in [2.45, 2.75) is 24.3 Å². The molecule has 2 aromatic heterocycles. The molecule has 0 unspecified atom stereocenters. The quantitative estimate of drug-likeness (QED) is 0.749. The molecule has 1 atom stereocenters. The lowest BCUT2D eigenvalue weighted by atomic mass is 10.3. The predicted octanol–water partition coefficient (Wildman–Crippen LogP) is 2.51. The molecule has 112 valence electrons. The third kappa shape index (κ3) is 3.25. The highest BCUT2D eigenvalue weighted by atomic mass is 32.2. The third-order valence-corrected chi connectivity index (χ3v) is 4.02. The second-order valence-corrected chi connectivity index (χ2v) is 6.15. The molecule has 0 spiro atoms. The molecule has 0 aliphatic rings. The highest BCUT2D eigenvalue weighted by molar-refractivity contribution is 7.99. The Morgan fingerprint density at radius 3 is 2.77 bits per heavy atom. The Morgan fingerprint density at radius 1 is 1.27 bits per heavy atom. The van der Waals surface area contributed by atoms with E-state index in [2.05, 4.69) is 20.1 Å². The number of aryl methyl sites for hydroxylation is 1. The fraction of sp³-hybridized carbons (Fsp3) is 0.200. The summed E-state index contributed by atoms with van der Waals surface area (Å²) < 4.78 is 1.72. The monoisotopic (exact) mass is 313 g/mol. The molecule has 0 amide bonds. The van der Waals surface area contributed by atoms with Crippen molar-refractivity contribution < 1.29 is 0 Å². The Kier molecular flexibility index (Phi) is 4.06. The van der Waals surface area contributed by atoms with Gasteiger partial charge in [-0.25, -0.2) is 14.6 Å². The van der Waals surface area contributed by atoms with Crippen LogP contribution in [0, 0.1) is 6.92 Å². The van der Waals surface area contributed by atoms with Crippen LogP contribution >= 0.6 is 11.8 Å². The molecule has 2 heterocycles. The molecule has 0 aliphatic heterocycles. The Labute approximate surface area is 131 Å². The van der Waals surface area contributed by atoms with E-state index in [1.165, 1.54) is 17.8 Å². The van der Waals surface area contributed by atoms with E-state index < -0.39 is 0 Å². The Morgan fingerprint density at radius 2 is 2.05 bits per heavy atom. The fourth-order valence-electron chi connectivity index (χ4n) is 2.02. The van der Waals surface area contributed by atoms with Gasteiger partial charge in [-0.15, -0.1) is 5.10 Å². The molecular formula is C15H15N5OS. The second-order valence-electron chi connectivity index (χ2n) is 4.84. The van der Waals surface area contributed by atoms with E-state index in [4.69, 9.17) is 0 Å². The molecular weight excluding hydrogens is 298 g/mol. The number of nitrogens with one attached hydrogen (secondary N) is 1. The summed E-state index contributed by atoms with van der Waals surface area (Å²) in [6.45, 7) is 3.77. The van der Waals surface area contributed by atoms with E-state index in [0.717, 1.165) is 5.69 Å². The van der Waals surface area contributed by atoms with E-state index in [0.29, 0.717) is 16.7 Å². The normalized spacial score (nSPS) is 12.3. The number of aromatic nitrogens is 5. The van der Waals surface area contributed by atoms with Crippen LogP contribution in [-0.4, -0.2) is 24.7 Å². The van der Waals surface area contributed by atoms with Crippen LogP contribution in [0.3, 0.4) is 0 Å². The first-order valence-corrected chi connectivity index (χ1v) is 7.71. The zero-order valence-electron chi connectivity index (χ0n) is 12.2. The number of rotatable bonds is 4. The van der Waals surface area contributed by atoms with Gasteiger partial charge in [0.05, 0.1) is 10.9 Å². The van der Waals surface area contributed by atoms with Gasteiger partial charge in [0.15, 0.2) is 0 Å². The van der Waals surface area contributed by atoms with Gasteiger partial charge in [0.1, 0.15) is 12.2 Å². The number of nitrogens with zero attached hydrogens (tertiary/aromatic N) is 4. The van der Waals surface area contributed by atoms with Gasteiger partial charge < -0.3 is 4.98 Å². The van der Waals surface area contributed by atoms with Gasteiger partial charge in [0.2, 0.25) is 5.16 Å². The first kappa shape index (κ1) is 14.5. The maximum Gasteiger partial charge on any atom is 0.251 e. The Bertz CT molecular complexity index is 827. The zero-order valence-corrected chi connectivity index (χ0v) is 13.0. The van der Waals surface area contributed by atoms with Gasteiger partial charge in [-0.2, -0.15) is 0 Å². The number of hydrogen-bond donors (Lipinski definition) is 1. The molecule has 0 bridgehead atoms. The number of H-pyrrole nitrogens is 1. The SMILES string of the molecule is Cc1cc(=O)[nH]c([C@H](C)Sc2ncn(-c3ccccc3)n2)n1. The van der Waals surface area contributed by atoms with E-state index in [-0.39, 0.29) is 10.8 Å². The van der Waals surface area contributed by atoms with Gasteiger partial charge in [-0.05, 0) is 26.0 Å². The van der Waals surface area contributed by atoms with E-state index in [1.807, 2.05) is 37.3 Å². The molecule has 7 heteroatoms. The first-order chi connectivity index (χ1) is 10.6. The van der Waals surface area contributed by atoms with Crippen molar-refractivity contribution in [3.8, 4) is 5.69 Å². The summed E-state index contributed by atoms with van der Waals surface area (Å²) in [6.07, 6.45) is 1.68. The minimum absolute atomic E-state index is 0.0424. The van der Waals surface area contributed by atoms with E-state index >= 15 is 0 Å². The molecule has 0 saturated carbocycles. The summed E-state index contributed by atoms with van der Waals surface area (Å²) in [5, 5.41) is 5.04. The molecule has 1 N–H and O–H groups in total. The summed E-state index contributed by atoms with van der Waals surface area (Å²) >= 11 is 1.45. The summed E-state index contributed by atoms with van der Waals surface area (Å²) in [6, 6.07) is 11.3. The topological polar surface area (TPSA) is 76.5 Å². The molecule has 0 aliphatic carbocycles. The van der Waals surface area contributed by atoms with Crippen molar-refractivity contribution >= 4 is 11.8 Å². The maximum absolute atomic E-state index is 11.5. The summed E-state index contributed by atoms with van der Waals surface area (Å²) in [7, 11) is 0. The molecule has 0 radical (unpaired) electrons. The lowest BCUT2D eigenvalue weighted by molar-refractivity contribution is 0.826. The van der Waals surface area contributed by atoms with Gasteiger partial charge in [-0.3, -0.25) is 4.79 Å². The predicted molar refractivity (Wildman–Crippen MR) is 85.2 cm³/mol. The summed E-state index contributed by atoms with van der Waals surface area (Å²) in [5.74, 6) is 0.631. The van der Waals surface area contributed by atoms with Crippen molar-refractivity contribution in [3.63, 3.8) is 0 Å². The standard InChI is InChI=1S/C15H15N5OS/c1-10-8-13(21)18-14(17-10)11(2)22-15-16-9-20(19-15)12-6-4-3-5-7-12/h3-9,11H,1-2H3,(H,17,18,21)/t11-/m0/s1. The number of hydrogen-bond acceptors (Lipinski definition) is 5. The van der Waals surface area contributed by atoms with Crippen LogP contribution in [0.2, 0.25) is 0 Å². The molecule has 1 aromatic carbocycles. The number of aromatic amines is 1. The number of para-hydroxylation sites is 1. The van der Waals surface area contributed by atoms with Crippen molar-refractivity contribution in [3.05, 3.63) is 64.6 Å². The van der Waals surface area contributed by atoms with Crippen LogP contribution in [0.25, 0.3) is 5.69 Å². The van der Waals surface area contributed by atoms with Crippen molar-refractivity contribution in [1.29, 1.82) is 0 Å². The Hall–Kier alpha value is -2.41. The Balaban J connectivity index is 1.79. The minimum atomic E-state index is -0.141. The van der Waals surface area contributed by atoms with Gasteiger partial charge in [0.25, 0.3) is 5.56 Å². The summed E-state index contributed by atoms with van der Waals surface area (Å²) in [5.41, 5.74) is 1.52. The number of benzene rings is 1. The molecule has 3 rings (SSSR count). The van der Waals surface area contributed by atoms with Gasteiger partial charge >= 0.3 is 0 Å². The fourth-order valence-corrected chi connectivity index (χ4v) is 2.80. The summed E-state index contributed by atoms with van der Waals surface area (Å²) in [4.78, 5) is 22.9. The molecule has 0 fully saturated rings. The average Bonchev–Trinajstić information content (AvgIpc) is 2.95. The molecule has 0 saturated heterocycles. The van der Waals surface area contributed by atoms with Crippen LogP contribution in [-0.2, 0) is 0 Å². The van der Waals surface area contributed by atoms with Crippen LogP contribution in [0.5, 0.6) is 0 Å². The van der Waals surface area contributed by atoms with Crippen LogP contribution < -0.4 is 5.56 Å². The highest BCUT2D eigenvalue weighted by Gasteiger charge is 2.14. The lowest BCUT2D eigenvalue weighted by Crippen LogP contribution is -2.12. The third-order valence-electron chi connectivity index (χ3n) is 3.05. The second kappa shape index (κ2) is 6.15. The zero-order chi connectivity index (χ0) is 15.5. The van der Waals surface area contributed by atoms with Gasteiger partial charge in [0, 0.05) is 11.8 Å². The van der Waals surface area contributed by atoms with Crippen molar-refractivity contribution in [1.82, 2.24) is 24.7 Å². The van der Waals surface area contributed by atoms with Crippen molar-refractivity contribution in [2.75, 3.05) is 0 Å². The van der Waals surface area contributed by atoms with Crippen LogP contribution in [0.15, 0.2) is 52.7 Å². The van der Waals surface area contributed by atoms with Crippen molar-refractivity contribution in [2.24, 2.45) is 0 Å². The molecule has 3 aromatic rings. The lowest BCUT2D eigenvalue weighted by Gasteiger charge is -2.08. The van der Waals surface area contributed by atoms with Crippen LogP contribution in [0.4, 0.5) is 0 Å². The van der Waals surface area contributed by atoms with Gasteiger partial charge in [-0.1, -0.05) is 30.0 Å². The smallest absolute Gasteiger partial charge is 0.251 e. The average molecular weight is 313 g/mol.